The van der Waals surface area contributed by atoms with Gasteiger partial charge in [-0.3, -0.25) is 9.69 Å². The second-order valence-electron chi connectivity index (χ2n) is 18.9. The third kappa shape index (κ3) is 15.2. The van der Waals surface area contributed by atoms with Crippen LogP contribution < -0.4 is 15.0 Å². The molecule has 0 bridgehead atoms. The number of piperidine rings is 1. The zero-order valence-corrected chi connectivity index (χ0v) is 38.1. The lowest BCUT2D eigenvalue weighted by atomic mass is 9.95. The lowest BCUT2D eigenvalue weighted by Crippen LogP contribution is -2.39. The van der Waals surface area contributed by atoms with Gasteiger partial charge in [-0.2, -0.15) is 0 Å². The van der Waals surface area contributed by atoms with Crippen molar-refractivity contribution < 1.29 is 38.1 Å². The van der Waals surface area contributed by atoms with Crippen molar-refractivity contribution in [3.8, 4) is 17.0 Å². The Morgan fingerprint density at radius 3 is 2.18 bits per heavy atom. The van der Waals surface area contributed by atoms with E-state index in [1.54, 1.807) is 18.2 Å². The maximum atomic E-state index is 13.5. The predicted molar refractivity (Wildman–Crippen MR) is 236 cm³/mol. The van der Waals surface area contributed by atoms with E-state index in [1.165, 1.54) is 11.3 Å². The van der Waals surface area contributed by atoms with Gasteiger partial charge >= 0.3 is 18.2 Å². The van der Waals surface area contributed by atoms with Gasteiger partial charge in [0.05, 0.1) is 38.5 Å². The number of nitrogens with zero attached hydrogens (tertiary/aromatic N) is 5. The van der Waals surface area contributed by atoms with E-state index < -0.39 is 29.0 Å². The minimum atomic E-state index is -0.697. The van der Waals surface area contributed by atoms with Crippen molar-refractivity contribution in [3.63, 3.8) is 0 Å². The van der Waals surface area contributed by atoms with Crippen LogP contribution >= 0.6 is 0 Å². The normalized spacial score (nSPS) is 15.5. The van der Waals surface area contributed by atoms with Crippen LogP contribution in [0.2, 0.25) is 0 Å². The Hall–Kier alpha value is -4.95. The fourth-order valence-electron chi connectivity index (χ4n) is 7.37. The predicted octanol–water partition coefficient (Wildman–Crippen LogP) is 7.79. The number of ether oxygens (including phenoxy) is 5. The Balaban J connectivity index is 1.32. The lowest BCUT2D eigenvalue weighted by molar-refractivity contribution is -0.161. The van der Waals surface area contributed by atoms with E-state index in [0.717, 1.165) is 67.9 Å². The van der Waals surface area contributed by atoms with Gasteiger partial charge in [0.1, 0.15) is 28.4 Å². The molecule has 14 heteroatoms. The number of anilines is 1. The summed E-state index contributed by atoms with van der Waals surface area (Å²) in [5.41, 5.74) is 4.15. The van der Waals surface area contributed by atoms with E-state index in [0.29, 0.717) is 50.7 Å². The molecule has 1 N–H and O–H groups in total. The molecule has 61 heavy (non-hydrogen) atoms. The van der Waals surface area contributed by atoms with E-state index in [9.17, 15) is 14.4 Å². The number of likely N-dealkylation sites (tertiary alicyclic amines) is 1. The first-order valence-electron chi connectivity index (χ1n) is 21.6. The van der Waals surface area contributed by atoms with Gasteiger partial charge in [0.25, 0.3) is 0 Å². The number of amides is 2. The molecule has 14 nitrogen and oxygen atoms in total. The third-order valence-corrected chi connectivity index (χ3v) is 10.1. The lowest BCUT2D eigenvalue weighted by Gasteiger charge is -2.35. The Morgan fingerprint density at radius 1 is 0.836 bits per heavy atom. The monoisotopic (exact) mass is 845 g/mol. The van der Waals surface area contributed by atoms with Crippen LogP contribution in [-0.2, 0) is 43.3 Å². The fraction of sp³-hybridized carbons (Fsp3) is 0.596. The maximum Gasteiger partial charge on any atom is 0.410 e. The number of benzene rings is 2. The molecule has 0 atom stereocenters. The van der Waals surface area contributed by atoms with Gasteiger partial charge in [-0.05, 0) is 136 Å². The minimum absolute atomic E-state index is 0.0737. The highest BCUT2D eigenvalue weighted by atomic mass is 16.6. The number of morpholine rings is 1. The topological polar surface area (TPSA) is 145 Å². The van der Waals surface area contributed by atoms with Gasteiger partial charge in [-0.25, -0.2) is 19.6 Å². The Morgan fingerprint density at radius 2 is 1.52 bits per heavy atom. The second-order valence-corrected chi connectivity index (χ2v) is 18.9. The van der Waals surface area contributed by atoms with Crippen molar-refractivity contribution in [1.82, 2.24) is 25.1 Å². The van der Waals surface area contributed by atoms with Gasteiger partial charge in [0.2, 0.25) is 0 Å². The average Bonchev–Trinajstić information content (AvgIpc) is 3.18. The van der Waals surface area contributed by atoms with Crippen LogP contribution in [0.5, 0.6) is 5.75 Å². The molecule has 1 aromatic heterocycles. The number of esters is 1. The average molecular weight is 845 g/mol. The fourth-order valence-corrected chi connectivity index (χ4v) is 7.37. The molecule has 0 aliphatic carbocycles. The molecule has 2 fully saturated rings. The Kier molecular flexibility index (Phi) is 16.0. The quantitative estimate of drug-likeness (QED) is 0.0961. The van der Waals surface area contributed by atoms with E-state index in [-0.39, 0.29) is 18.4 Å². The summed E-state index contributed by atoms with van der Waals surface area (Å²) < 4.78 is 28.3. The number of methoxy groups -OCH3 is 1. The van der Waals surface area contributed by atoms with Crippen LogP contribution in [0, 0.1) is 5.92 Å². The summed E-state index contributed by atoms with van der Waals surface area (Å²) in [6.07, 6.45) is 3.39. The van der Waals surface area contributed by atoms with Crippen molar-refractivity contribution >= 4 is 23.8 Å². The van der Waals surface area contributed by atoms with Gasteiger partial charge < -0.3 is 38.8 Å². The second kappa shape index (κ2) is 20.7. The molecule has 3 aromatic rings. The summed E-state index contributed by atoms with van der Waals surface area (Å²) in [5.74, 6) is 1.14. The van der Waals surface area contributed by atoms with Crippen LogP contribution in [0.15, 0.2) is 48.7 Å². The van der Waals surface area contributed by atoms with Gasteiger partial charge in [0, 0.05) is 62.2 Å². The Bertz CT molecular complexity index is 1940. The van der Waals surface area contributed by atoms with E-state index in [1.807, 2.05) is 86.6 Å². The molecule has 2 aliphatic heterocycles. The van der Waals surface area contributed by atoms with E-state index in [2.05, 4.69) is 38.3 Å². The molecule has 334 valence electrons. The summed E-state index contributed by atoms with van der Waals surface area (Å²) in [6.45, 7) is 23.0. The molecular weight excluding hydrogens is 777 g/mol. The first-order chi connectivity index (χ1) is 28.7. The van der Waals surface area contributed by atoms with Crippen molar-refractivity contribution in [2.75, 3.05) is 64.5 Å². The molecule has 2 saturated heterocycles. The molecular formula is C47H68N6O8. The number of carbonyl (C=O) groups excluding carboxylic acids is 3. The highest BCUT2D eigenvalue weighted by Gasteiger charge is 2.30. The first kappa shape index (κ1) is 47.1. The van der Waals surface area contributed by atoms with Crippen molar-refractivity contribution in [3.05, 3.63) is 71.2 Å². The van der Waals surface area contributed by atoms with Gasteiger partial charge in [-0.1, -0.05) is 12.1 Å². The zero-order valence-electron chi connectivity index (χ0n) is 38.1. The number of aromatic nitrogens is 2. The maximum absolute atomic E-state index is 13.5. The highest BCUT2D eigenvalue weighted by Crippen LogP contribution is 2.30. The largest absolute Gasteiger partial charge is 0.496 e. The zero-order chi connectivity index (χ0) is 44.4. The number of nitrogens with one attached hydrogen (secondary N) is 1. The third-order valence-electron chi connectivity index (χ3n) is 10.1. The van der Waals surface area contributed by atoms with E-state index in [4.69, 9.17) is 28.7 Å². The van der Waals surface area contributed by atoms with Crippen molar-refractivity contribution in [2.24, 2.45) is 5.92 Å². The molecule has 2 amide bonds. The standard InChI is InChI=1S/C47H68N6O8/c1-45(2,3)59-42(54)34-17-22-51(23-18-34)31-36-28-33(12-14-39(36)52-24-26-58-27-25-52)29-41-48-20-16-38(50-41)35-13-15-40(57-10)37(30-35)32-53(44(56)61-47(7,8)9)21-11-19-49-43(55)60-46(4,5)6/h12-16,20,28,30,34H,11,17-19,21-27,29,31-32H2,1-10H3,(H,49,55). The SMILES string of the molecule is COc1ccc(-c2ccnc(Cc3ccc(N4CCOCC4)c(CN4CCC(C(=O)OC(C)(C)C)CC4)c3)n2)cc1CN(CCCNC(=O)OC(C)(C)C)C(=O)OC(C)(C)C. The number of carbonyl (C=O) groups is 3. The van der Waals surface area contributed by atoms with Crippen LogP contribution in [0.4, 0.5) is 15.3 Å². The Labute approximate surface area is 362 Å². The van der Waals surface area contributed by atoms with Crippen LogP contribution in [0.3, 0.4) is 0 Å². The van der Waals surface area contributed by atoms with Crippen molar-refractivity contribution in [2.45, 2.75) is 118 Å². The summed E-state index contributed by atoms with van der Waals surface area (Å²) in [4.78, 5) is 54.7. The number of hydrogen-bond donors (Lipinski definition) is 1. The molecule has 0 unspecified atom stereocenters. The number of alkyl carbamates (subject to hydrolysis) is 1. The molecule has 0 saturated carbocycles. The summed E-state index contributed by atoms with van der Waals surface area (Å²) >= 11 is 0. The summed E-state index contributed by atoms with van der Waals surface area (Å²) in [5, 5.41) is 2.77. The van der Waals surface area contributed by atoms with Crippen LogP contribution in [0.25, 0.3) is 11.3 Å². The molecule has 2 aromatic carbocycles. The molecule has 3 heterocycles. The smallest absolute Gasteiger partial charge is 0.410 e. The molecule has 2 aliphatic rings. The van der Waals surface area contributed by atoms with Crippen LogP contribution in [-0.4, -0.2) is 114 Å². The summed E-state index contributed by atoms with van der Waals surface area (Å²) in [6, 6.07) is 14.4. The van der Waals surface area contributed by atoms with Crippen LogP contribution in [0.1, 0.15) is 104 Å². The van der Waals surface area contributed by atoms with Crippen molar-refractivity contribution in [1.29, 1.82) is 0 Å². The molecule has 5 rings (SSSR count). The van der Waals surface area contributed by atoms with Gasteiger partial charge in [0.15, 0.2) is 0 Å². The molecule has 0 radical (unpaired) electrons. The number of hydrogen-bond acceptors (Lipinski definition) is 12. The summed E-state index contributed by atoms with van der Waals surface area (Å²) in [7, 11) is 1.61. The first-order valence-corrected chi connectivity index (χ1v) is 21.6. The van der Waals surface area contributed by atoms with Gasteiger partial charge in [-0.15, -0.1) is 0 Å². The van der Waals surface area contributed by atoms with E-state index >= 15 is 0 Å². The molecule has 0 spiro atoms. The highest BCUT2D eigenvalue weighted by molar-refractivity contribution is 5.73. The number of rotatable bonds is 14. The minimum Gasteiger partial charge on any atom is -0.496 e.